The second kappa shape index (κ2) is 11.6. The van der Waals surface area contributed by atoms with E-state index in [1.807, 2.05) is 13.8 Å². The third kappa shape index (κ3) is 9.33. The lowest BCUT2D eigenvalue weighted by molar-refractivity contribution is -0.274. The first-order valence-corrected chi connectivity index (χ1v) is 8.93. The zero-order valence-electron chi connectivity index (χ0n) is 16.5. The third-order valence-electron chi connectivity index (χ3n) is 3.61. The van der Waals surface area contributed by atoms with E-state index >= 15 is 0 Å². The van der Waals surface area contributed by atoms with Crippen LogP contribution in [0.25, 0.3) is 0 Å². The van der Waals surface area contributed by atoms with Gasteiger partial charge in [-0.1, -0.05) is 38.1 Å². The third-order valence-corrected chi connectivity index (χ3v) is 3.61. The molecular weight excluding hydrogens is 512 g/mol. The number of alkyl halides is 3. The van der Waals surface area contributed by atoms with Gasteiger partial charge >= 0.3 is 6.36 Å². The molecule has 0 aliphatic rings. The Kier molecular flexibility index (Phi) is 9.90. The van der Waals surface area contributed by atoms with Crippen LogP contribution in [0.15, 0.2) is 53.5 Å². The van der Waals surface area contributed by atoms with Gasteiger partial charge < -0.3 is 21.1 Å². The molecule has 10 heteroatoms. The summed E-state index contributed by atoms with van der Waals surface area (Å²) in [4.78, 5) is 16.0. The summed E-state index contributed by atoms with van der Waals surface area (Å²) < 4.78 is 41.4. The predicted octanol–water partition coefficient (Wildman–Crippen LogP) is 5.11. The van der Waals surface area contributed by atoms with E-state index in [0.717, 1.165) is 5.56 Å². The Hall–Kier alpha value is -2.50. The molecule has 164 valence electrons. The maximum atomic E-state index is 12.5. The highest BCUT2D eigenvalue weighted by Gasteiger charge is 2.32. The number of hydrogen-bond acceptors (Lipinski definition) is 3. The molecule has 0 unspecified atom stereocenters. The molecule has 2 aromatic carbocycles. The van der Waals surface area contributed by atoms with E-state index in [1.165, 1.54) is 18.2 Å². The summed E-state index contributed by atoms with van der Waals surface area (Å²) >= 11 is 0. The number of benzene rings is 2. The van der Waals surface area contributed by atoms with E-state index in [9.17, 15) is 18.0 Å². The summed E-state index contributed by atoms with van der Waals surface area (Å²) in [5.41, 5.74) is 7.25. The zero-order chi connectivity index (χ0) is 21.4. The number of para-hydroxylation sites is 2. The first kappa shape index (κ1) is 25.5. The average molecular weight is 536 g/mol. The first-order chi connectivity index (χ1) is 13.6. The van der Waals surface area contributed by atoms with Crippen LogP contribution in [0.5, 0.6) is 5.75 Å². The van der Waals surface area contributed by atoms with Crippen molar-refractivity contribution in [1.29, 1.82) is 0 Å². The minimum Gasteiger partial charge on any atom is -0.404 e. The molecule has 6 nitrogen and oxygen atoms in total. The monoisotopic (exact) mass is 536 g/mol. The summed E-state index contributed by atoms with van der Waals surface area (Å²) in [5, 5.41) is 5.42. The summed E-state index contributed by atoms with van der Waals surface area (Å²) in [7, 11) is 0. The standard InChI is InChI=1S/C20H23F3N4O2.HI/c1-13(2)10-18(28)26-15-7-5-6-14(11-15)12-25-19(24)27-16-8-3-4-9-17(16)29-20(21,22)23;/h3-9,11,13H,10,12H2,1-2H3,(H,26,28)(H3,24,25,27);1H. The molecule has 0 atom stereocenters. The number of anilines is 2. The number of nitrogens with one attached hydrogen (secondary N) is 2. The minimum atomic E-state index is -4.82. The summed E-state index contributed by atoms with van der Waals surface area (Å²) in [6.45, 7) is 4.09. The molecule has 30 heavy (non-hydrogen) atoms. The van der Waals surface area contributed by atoms with E-state index < -0.39 is 12.1 Å². The zero-order valence-corrected chi connectivity index (χ0v) is 18.8. The van der Waals surface area contributed by atoms with Crippen molar-refractivity contribution in [3.63, 3.8) is 0 Å². The lowest BCUT2D eigenvalue weighted by Gasteiger charge is -2.14. The molecule has 0 aromatic heterocycles. The van der Waals surface area contributed by atoms with Crippen LogP contribution in [0.4, 0.5) is 24.5 Å². The van der Waals surface area contributed by atoms with Gasteiger partial charge in [0, 0.05) is 12.1 Å². The molecule has 0 radical (unpaired) electrons. The lowest BCUT2D eigenvalue weighted by atomic mass is 10.1. The number of guanidine groups is 1. The van der Waals surface area contributed by atoms with Crippen LogP contribution in [0.3, 0.4) is 0 Å². The number of carbonyl (C=O) groups excluding carboxylic acids is 1. The van der Waals surface area contributed by atoms with Crippen molar-refractivity contribution in [2.45, 2.75) is 33.2 Å². The molecule has 0 aliphatic carbocycles. The van der Waals surface area contributed by atoms with Gasteiger partial charge in [-0.2, -0.15) is 0 Å². The minimum absolute atomic E-state index is 0. The highest BCUT2D eigenvalue weighted by atomic mass is 127. The second-order valence-corrected chi connectivity index (χ2v) is 6.72. The number of aliphatic imine (C=N–C) groups is 1. The fraction of sp³-hybridized carbons (Fsp3) is 0.300. The molecule has 2 aromatic rings. The Morgan fingerprint density at radius 1 is 1.13 bits per heavy atom. The number of hydrogen-bond donors (Lipinski definition) is 3. The maximum absolute atomic E-state index is 12.5. The fourth-order valence-corrected chi connectivity index (χ4v) is 2.47. The van der Waals surface area contributed by atoms with Gasteiger partial charge in [-0.3, -0.25) is 4.79 Å². The number of carbonyl (C=O) groups is 1. The van der Waals surface area contributed by atoms with E-state index in [4.69, 9.17) is 5.73 Å². The summed E-state index contributed by atoms with van der Waals surface area (Å²) in [5.74, 6) is -0.313. The molecule has 0 fully saturated rings. The van der Waals surface area contributed by atoms with Gasteiger partial charge in [0.1, 0.15) is 0 Å². The quantitative estimate of drug-likeness (QED) is 0.261. The van der Waals surface area contributed by atoms with E-state index in [0.29, 0.717) is 12.1 Å². The molecule has 0 heterocycles. The van der Waals surface area contributed by atoms with E-state index in [2.05, 4.69) is 20.4 Å². The largest absolute Gasteiger partial charge is 0.573 e. The smallest absolute Gasteiger partial charge is 0.404 e. The van der Waals surface area contributed by atoms with Crippen molar-refractivity contribution >= 4 is 47.2 Å². The van der Waals surface area contributed by atoms with Gasteiger partial charge in [0.25, 0.3) is 0 Å². The molecule has 1 amide bonds. The number of ether oxygens (including phenoxy) is 1. The lowest BCUT2D eigenvalue weighted by Crippen LogP contribution is -2.24. The molecule has 4 N–H and O–H groups in total. The number of nitrogens with two attached hydrogens (primary N) is 1. The van der Waals surface area contributed by atoms with Crippen molar-refractivity contribution in [1.82, 2.24) is 0 Å². The molecule has 0 saturated carbocycles. The van der Waals surface area contributed by atoms with Crippen LogP contribution in [-0.2, 0) is 11.3 Å². The SMILES string of the molecule is CC(C)CC(=O)Nc1cccc(CN=C(N)Nc2ccccc2OC(F)(F)F)c1.I. The van der Waals surface area contributed by atoms with Crippen LogP contribution in [0.2, 0.25) is 0 Å². The molecule has 2 rings (SSSR count). The van der Waals surface area contributed by atoms with Crippen molar-refractivity contribution in [3.8, 4) is 5.75 Å². The normalized spacial score (nSPS) is 11.6. The van der Waals surface area contributed by atoms with E-state index in [-0.39, 0.29) is 54.0 Å². The summed E-state index contributed by atoms with van der Waals surface area (Å²) in [6, 6.07) is 12.6. The van der Waals surface area contributed by atoms with Crippen LogP contribution in [0.1, 0.15) is 25.8 Å². The van der Waals surface area contributed by atoms with Crippen LogP contribution < -0.4 is 21.1 Å². The number of nitrogens with zero attached hydrogens (tertiary/aromatic N) is 1. The Morgan fingerprint density at radius 3 is 2.50 bits per heavy atom. The van der Waals surface area contributed by atoms with Crippen molar-refractivity contribution in [3.05, 3.63) is 54.1 Å². The molecule has 0 bridgehead atoms. The van der Waals surface area contributed by atoms with Gasteiger partial charge in [0.2, 0.25) is 5.91 Å². The Balaban J connectivity index is 0.00000450. The molecule has 0 spiro atoms. The van der Waals surface area contributed by atoms with Gasteiger partial charge in [-0.15, -0.1) is 37.1 Å². The highest BCUT2D eigenvalue weighted by Crippen LogP contribution is 2.29. The second-order valence-electron chi connectivity index (χ2n) is 6.72. The number of amides is 1. The average Bonchev–Trinajstić information content (AvgIpc) is 2.60. The van der Waals surface area contributed by atoms with Gasteiger partial charge in [-0.25, -0.2) is 4.99 Å². The van der Waals surface area contributed by atoms with Gasteiger partial charge in [0.15, 0.2) is 11.7 Å². The summed E-state index contributed by atoms with van der Waals surface area (Å²) in [6.07, 6.45) is -4.40. The molecule has 0 saturated heterocycles. The maximum Gasteiger partial charge on any atom is 0.573 e. The van der Waals surface area contributed by atoms with Crippen molar-refractivity contribution in [2.24, 2.45) is 16.6 Å². The van der Waals surface area contributed by atoms with Crippen molar-refractivity contribution in [2.75, 3.05) is 10.6 Å². The van der Waals surface area contributed by atoms with Crippen LogP contribution >= 0.6 is 24.0 Å². The van der Waals surface area contributed by atoms with Crippen molar-refractivity contribution < 1.29 is 22.7 Å². The van der Waals surface area contributed by atoms with Gasteiger partial charge in [-0.05, 0) is 35.7 Å². The van der Waals surface area contributed by atoms with E-state index in [1.54, 1.807) is 30.3 Å². The molecular formula is C20H24F3IN4O2. The predicted molar refractivity (Wildman–Crippen MR) is 122 cm³/mol. The molecule has 0 aliphatic heterocycles. The van der Waals surface area contributed by atoms with Crippen LogP contribution in [-0.4, -0.2) is 18.2 Å². The Bertz CT molecular complexity index is 873. The van der Waals surface area contributed by atoms with Crippen LogP contribution in [0, 0.1) is 5.92 Å². The number of halogens is 4. The Morgan fingerprint density at radius 2 is 1.83 bits per heavy atom. The Labute approximate surface area is 190 Å². The topological polar surface area (TPSA) is 88.7 Å². The number of rotatable bonds is 7. The van der Waals surface area contributed by atoms with Gasteiger partial charge in [0.05, 0.1) is 12.2 Å². The fourth-order valence-electron chi connectivity index (χ4n) is 2.47. The first-order valence-electron chi connectivity index (χ1n) is 8.93. The highest BCUT2D eigenvalue weighted by molar-refractivity contribution is 14.0.